The van der Waals surface area contributed by atoms with Gasteiger partial charge in [0, 0.05) is 18.9 Å². The molecule has 2 rings (SSSR count). The number of nitrogens with two attached hydrogens (primary N) is 1. The van der Waals surface area contributed by atoms with Crippen LogP contribution < -0.4 is 5.73 Å². The maximum Gasteiger partial charge on any atom is 0.155 e. The van der Waals surface area contributed by atoms with Crippen molar-refractivity contribution in [1.29, 1.82) is 0 Å². The van der Waals surface area contributed by atoms with Crippen molar-refractivity contribution in [3.05, 3.63) is 18.1 Å². The third-order valence-electron chi connectivity index (χ3n) is 2.90. The fourth-order valence-electron chi connectivity index (χ4n) is 1.88. The first-order valence-electron chi connectivity index (χ1n) is 5.61. The maximum atomic E-state index is 9.79. The van der Waals surface area contributed by atoms with E-state index in [1.807, 2.05) is 0 Å². The van der Waals surface area contributed by atoms with Gasteiger partial charge in [-0.1, -0.05) is 0 Å². The molecule has 1 unspecified atom stereocenters. The lowest BCUT2D eigenvalue weighted by Gasteiger charge is -2.11. The minimum absolute atomic E-state index is 0.0388. The molecule has 0 radical (unpaired) electrons. The van der Waals surface area contributed by atoms with Crippen molar-refractivity contribution in [3.8, 4) is 5.75 Å². The number of methoxy groups -OCH3 is 1. The molecule has 2 aromatic heterocycles. The van der Waals surface area contributed by atoms with Crippen LogP contribution in [0.4, 0.5) is 5.82 Å². The van der Waals surface area contributed by atoms with Crippen LogP contribution in [0, 0.1) is 0 Å². The Labute approximate surface area is 104 Å². The van der Waals surface area contributed by atoms with E-state index < -0.39 is 0 Å². The van der Waals surface area contributed by atoms with Gasteiger partial charge in [0.25, 0.3) is 0 Å². The molecule has 0 saturated heterocycles. The van der Waals surface area contributed by atoms with Gasteiger partial charge in [-0.05, 0) is 12.8 Å². The van der Waals surface area contributed by atoms with Gasteiger partial charge in [0.2, 0.25) is 0 Å². The van der Waals surface area contributed by atoms with Crippen molar-refractivity contribution in [1.82, 2.24) is 14.6 Å². The standard InChI is InChI=1S/C11H16N4O3/c1-18-8(5-16)3-2-7-4-9(17)10-11(12)13-6-14-15(7)10/h4,6,8,16-17H,2-3,5H2,1H3,(H2,12,13,14). The van der Waals surface area contributed by atoms with Crippen LogP contribution in [0.1, 0.15) is 12.1 Å². The quantitative estimate of drug-likeness (QED) is 0.689. The zero-order valence-electron chi connectivity index (χ0n) is 10.1. The molecule has 0 aliphatic heterocycles. The van der Waals surface area contributed by atoms with Crippen LogP contribution >= 0.6 is 0 Å². The summed E-state index contributed by atoms with van der Waals surface area (Å²) < 4.78 is 6.64. The first-order chi connectivity index (χ1) is 8.67. The Hall–Kier alpha value is -1.86. The number of nitrogen functional groups attached to an aromatic ring is 1. The summed E-state index contributed by atoms with van der Waals surface area (Å²) in [6, 6.07) is 1.60. The average Bonchev–Trinajstić information content (AvgIpc) is 2.69. The summed E-state index contributed by atoms with van der Waals surface area (Å²) in [6.45, 7) is -0.0388. The molecule has 0 amide bonds. The Bertz CT molecular complexity index is 536. The van der Waals surface area contributed by atoms with Gasteiger partial charge >= 0.3 is 0 Å². The van der Waals surface area contributed by atoms with E-state index in [1.165, 1.54) is 6.33 Å². The summed E-state index contributed by atoms with van der Waals surface area (Å²) in [5.41, 5.74) is 6.89. The molecule has 0 saturated carbocycles. The second-order valence-corrected chi connectivity index (χ2v) is 4.01. The number of ether oxygens (including phenoxy) is 1. The number of hydrogen-bond donors (Lipinski definition) is 3. The van der Waals surface area contributed by atoms with E-state index in [9.17, 15) is 5.11 Å². The molecule has 4 N–H and O–H groups in total. The summed E-state index contributed by atoms with van der Waals surface area (Å²) in [6.07, 6.45) is 2.35. The largest absolute Gasteiger partial charge is 0.505 e. The number of fused-ring (bicyclic) bond motifs is 1. The zero-order valence-corrected chi connectivity index (χ0v) is 10.1. The molecule has 0 aliphatic rings. The summed E-state index contributed by atoms with van der Waals surface area (Å²) in [5, 5.41) is 22.9. The lowest BCUT2D eigenvalue weighted by molar-refractivity contribution is 0.0433. The normalized spacial score (nSPS) is 13.0. The van der Waals surface area contributed by atoms with Gasteiger partial charge < -0.3 is 20.7 Å². The molecular formula is C11H16N4O3. The van der Waals surface area contributed by atoms with Gasteiger partial charge in [0.05, 0.1) is 12.7 Å². The van der Waals surface area contributed by atoms with Crippen molar-refractivity contribution in [2.45, 2.75) is 18.9 Å². The number of rotatable bonds is 5. The minimum atomic E-state index is -0.225. The van der Waals surface area contributed by atoms with Crippen LogP contribution in [0.3, 0.4) is 0 Å². The number of nitrogens with zero attached hydrogens (tertiary/aromatic N) is 3. The highest BCUT2D eigenvalue weighted by molar-refractivity contribution is 5.74. The van der Waals surface area contributed by atoms with Crippen LogP contribution in [0.2, 0.25) is 0 Å². The van der Waals surface area contributed by atoms with Gasteiger partial charge in [0.1, 0.15) is 17.6 Å². The Morgan fingerprint density at radius 1 is 1.56 bits per heavy atom. The molecule has 7 nitrogen and oxygen atoms in total. The number of aliphatic hydroxyl groups is 1. The van der Waals surface area contributed by atoms with E-state index in [2.05, 4.69) is 10.1 Å². The second-order valence-electron chi connectivity index (χ2n) is 4.01. The lowest BCUT2D eigenvalue weighted by Crippen LogP contribution is -2.16. The van der Waals surface area contributed by atoms with E-state index in [-0.39, 0.29) is 24.3 Å². The topological polar surface area (TPSA) is 106 Å². The summed E-state index contributed by atoms with van der Waals surface area (Å²) in [4.78, 5) is 3.83. The Balaban J connectivity index is 2.27. The predicted octanol–water partition coefficient (Wildman–Crippen LogP) is -0.0430. The molecule has 0 aromatic carbocycles. The molecule has 0 aliphatic carbocycles. The molecule has 2 aromatic rings. The third kappa shape index (κ3) is 2.22. The predicted molar refractivity (Wildman–Crippen MR) is 65.3 cm³/mol. The molecule has 0 fully saturated rings. The van der Waals surface area contributed by atoms with Crippen molar-refractivity contribution in [2.75, 3.05) is 19.5 Å². The lowest BCUT2D eigenvalue weighted by atomic mass is 10.1. The van der Waals surface area contributed by atoms with Crippen molar-refractivity contribution in [2.24, 2.45) is 0 Å². The highest BCUT2D eigenvalue weighted by atomic mass is 16.5. The van der Waals surface area contributed by atoms with E-state index in [0.717, 1.165) is 5.69 Å². The van der Waals surface area contributed by atoms with Crippen LogP contribution in [-0.2, 0) is 11.2 Å². The van der Waals surface area contributed by atoms with E-state index in [4.69, 9.17) is 15.6 Å². The second kappa shape index (κ2) is 5.19. The number of aromatic nitrogens is 3. The maximum absolute atomic E-state index is 9.79. The first kappa shape index (κ1) is 12.6. The van der Waals surface area contributed by atoms with E-state index in [1.54, 1.807) is 17.7 Å². The van der Waals surface area contributed by atoms with Gasteiger partial charge in [-0.15, -0.1) is 0 Å². The van der Waals surface area contributed by atoms with Crippen molar-refractivity contribution < 1.29 is 14.9 Å². The zero-order chi connectivity index (χ0) is 13.1. The molecule has 18 heavy (non-hydrogen) atoms. The SMILES string of the molecule is COC(CO)CCc1cc(O)c2c(N)ncnn12. The van der Waals surface area contributed by atoms with Crippen molar-refractivity contribution >= 4 is 11.3 Å². The highest BCUT2D eigenvalue weighted by Gasteiger charge is 2.14. The highest BCUT2D eigenvalue weighted by Crippen LogP contribution is 2.26. The fraction of sp³-hybridized carbons (Fsp3) is 0.455. The number of aryl methyl sites for hydroxylation is 1. The van der Waals surface area contributed by atoms with Gasteiger partial charge in [-0.2, -0.15) is 5.10 Å². The third-order valence-corrected chi connectivity index (χ3v) is 2.90. The summed E-state index contributed by atoms with van der Waals surface area (Å²) in [7, 11) is 1.55. The summed E-state index contributed by atoms with van der Waals surface area (Å²) in [5.74, 6) is 0.292. The summed E-state index contributed by atoms with van der Waals surface area (Å²) >= 11 is 0. The smallest absolute Gasteiger partial charge is 0.155 e. The van der Waals surface area contributed by atoms with E-state index in [0.29, 0.717) is 18.4 Å². The number of hydrogen-bond acceptors (Lipinski definition) is 6. The fourth-order valence-corrected chi connectivity index (χ4v) is 1.88. The molecule has 7 heteroatoms. The van der Waals surface area contributed by atoms with Gasteiger partial charge in [0.15, 0.2) is 5.82 Å². The molecule has 0 bridgehead atoms. The van der Waals surface area contributed by atoms with Crippen LogP contribution in [0.15, 0.2) is 12.4 Å². The van der Waals surface area contributed by atoms with Gasteiger partial charge in [-0.3, -0.25) is 0 Å². The van der Waals surface area contributed by atoms with Gasteiger partial charge in [-0.25, -0.2) is 9.50 Å². The Kier molecular flexibility index (Phi) is 3.63. The van der Waals surface area contributed by atoms with Crippen LogP contribution in [-0.4, -0.2) is 44.6 Å². The first-order valence-corrected chi connectivity index (χ1v) is 5.61. The molecule has 1 atom stereocenters. The number of aliphatic hydroxyl groups excluding tert-OH is 1. The molecule has 2 heterocycles. The average molecular weight is 252 g/mol. The van der Waals surface area contributed by atoms with Crippen molar-refractivity contribution in [3.63, 3.8) is 0 Å². The number of aromatic hydroxyl groups is 1. The van der Waals surface area contributed by atoms with E-state index >= 15 is 0 Å². The molecular weight excluding hydrogens is 236 g/mol. The molecule has 0 spiro atoms. The molecule has 98 valence electrons. The van der Waals surface area contributed by atoms with Crippen LogP contribution in [0.25, 0.3) is 5.52 Å². The minimum Gasteiger partial charge on any atom is -0.505 e. The monoisotopic (exact) mass is 252 g/mol. The number of anilines is 1. The Morgan fingerprint density at radius 2 is 2.33 bits per heavy atom. The Morgan fingerprint density at radius 3 is 3.00 bits per heavy atom. The van der Waals surface area contributed by atoms with Crippen LogP contribution in [0.5, 0.6) is 5.75 Å².